The molecule has 0 radical (unpaired) electrons. The first-order valence-electron chi connectivity index (χ1n) is 8.20. The first-order valence-corrected chi connectivity index (χ1v) is 8.20. The standard InChI is InChI=1S/C9H18O.C8H16O/c1-2-3-4-5-6-7-8-9-10;1-2-3-4-5-6-7-8-9/h9H,2-8H2,1H3;8H,2-7H2,1H3. The van der Waals surface area contributed by atoms with E-state index in [1.807, 2.05) is 0 Å². The highest BCUT2D eigenvalue weighted by Crippen LogP contribution is 2.05. The molecular formula is C17H34O2. The number of carbonyl (C=O) groups excluding carboxylic acids is 2. The first kappa shape index (κ1) is 20.7. The molecule has 0 heterocycles. The summed E-state index contributed by atoms with van der Waals surface area (Å²) in [6, 6.07) is 0. The third kappa shape index (κ3) is 26.8. The van der Waals surface area contributed by atoms with E-state index in [1.54, 1.807) is 0 Å². The number of unbranched alkanes of at least 4 members (excludes halogenated alkanes) is 11. The molecule has 19 heavy (non-hydrogen) atoms. The maximum atomic E-state index is 9.89. The van der Waals surface area contributed by atoms with Crippen molar-refractivity contribution in [2.24, 2.45) is 0 Å². The summed E-state index contributed by atoms with van der Waals surface area (Å²) in [6.07, 6.45) is 17.4. The molecule has 0 aliphatic heterocycles. The van der Waals surface area contributed by atoms with Crippen LogP contribution in [0.1, 0.15) is 97.3 Å². The average Bonchev–Trinajstić information content (AvgIpc) is 2.43. The lowest BCUT2D eigenvalue weighted by Crippen LogP contribution is -1.79. The predicted molar refractivity (Wildman–Crippen MR) is 83.5 cm³/mol. The van der Waals surface area contributed by atoms with E-state index in [4.69, 9.17) is 0 Å². The van der Waals surface area contributed by atoms with Gasteiger partial charge in [0.25, 0.3) is 0 Å². The Morgan fingerprint density at radius 3 is 1.16 bits per heavy atom. The molecule has 2 nitrogen and oxygen atoms in total. The fourth-order valence-corrected chi connectivity index (χ4v) is 1.84. The maximum Gasteiger partial charge on any atom is 0.119 e. The van der Waals surface area contributed by atoms with Gasteiger partial charge in [-0.1, -0.05) is 71.6 Å². The Balaban J connectivity index is 0. The summed E-state index contributed by atoms with van der Waals surface area (Å²) >= 11 is 0. The molecule has 0 saturated heterocycles. The van der Waals surface area contributed by atoms with Crippen molar-refractivity contribution >= 4 is 12.6 Å². The summed E-state index contributed by atoms with van der Waals surface area (Å²) in [5, 5.41) is 0. The molecule has 0 amide bonds. The normalized spacial score (nSPS) is 9.58. The zero-order valence-electron chi connectivity index (χ0n) is 13.2. The molecule has 0 aliphatic carbocycles. The van der Waals surface area contributed by atoms with E-state index in [0.717, 1.165) is 38.3 Å². The summed E-state index contributed by atoms with van der Waals surface area (Å²) in [5.41, 5.74) is 0. The van der Waals surface area contributed by atoms with Crippen molar-refractivity contribution in [2.75, 3.05) is 0 Å². The highest BCUT2D eigenvalue weighted by atomic mass is 16.1. The third-order valence-electron chi connectivity index (χ3n) is 3.10. The van der Waals surface area contributed by atoms with Crippen molar-refractivity contribution in [3.63, 3.8) is 0 Å². The zero-order chi connectivity index (χ0) is 14.6. The van der Waals surface area contributed by atoms with Crippen LogP contribution in [-0.4, -0.2) is 12.6 Å². The van der Waals surface area contributed by atoms with E-state index in [0.29, 0.717) is 0 Å². The molecular weight excluding hydrogens is 236 g/mol. The van der Waals surface area contributed by atoms with Gasteiger partial charge in [0.05, 0.1) is 0 Å². The molecule has 0 bridgehead atoms. The quantitative estimate of drug-likeness (QED) is 0.328. The fourth-order valence-electron chi connectivity index (χ4n) is 1.84. The Morgan fingerprint density at radius 2 is 0.842 bits per heavy atom. The summed E-state index contributed by atoms with van der Waals surface area (Å²) in [7, 11) is 0. The molecule has 0 rings (SSSR count). The summed E-state index contributed by atoms with van der Waals surface area (Å²) in [6.45, 7) is 4.41. The Kier molecular flexibility index (Phi) is 24.5. The molecule has 0 aromatic heterocycles. The lowest BCUT2D eigenvalue weighted by atomic mass is 10.1. The first-order chi connectivity index (χ1) is 9.33. The van der Waals surface area contributed by atoms with Crippen LogP contribution in [0.15, 0.2) is 0 Å². The molecule has 0 saturated carbocycles. The van der Waals surface area contributed by atoms with Crippen LogP contribution in [0.3, 0.4) is 0 Å². The van der Waals surface area contributed by atoms with Gasteiger partial charge in [-0.05, 0) is 12.8 Å². The Morgan fingerprint density at radius 1 is 0.526 bits per heavy atom. The number of carbonyl (C=O) groups is 2. The molecule has 0 fully saturated rings. The van der Waals surface area contributed by atoms with Crippen molar-refractivity contribution in [3.8, 4) is 0 Å². The van der Waals surface area contributed by atoms with Gasteiger partial charge in [-0.3, -0.25) is 0 Å². The number of aldehydes is 2. The van der Waals surface area contributed by atoms with Crippen LogP contribution in [-0.2, 0) is 9.59 Å². The van der Waals surface area contributed by atoms with Gasteiger partial charge in [0, 0.05) is 12.8 Å². The van der Waals surface area contributed by atoms with E-state index in [2.05, 4.69) is 13.8 Å². The van der Waals surface area contributed by atoms with Crippen LogP contribution < -0.4 is 0 Å². The van der Waals surface area contributed by atoms with Crippen LogP contribution in [0.4, 0.5) is 0 Å². The number of rotatable bonds is 13. The van der Waals surface area contributed by atoms with Gasteiger partial charge in [0.1, 0.15) is 12.6 Å². The second kappa shape index (κ2) is 22.5. The van der Waals surface area contributed by atoms with Gasteiger partial charge < -0.3 is 9.59 Å². The zero-order valence-corrected chi connectivity index (χ0v) is 13.2. The van der Waals surface area contributed by atoms with Crippen LogP contribution in [0.25, 0.3) is 0 Å². The SMILES string of the molecule is CCCCCCCC=O.CCCCCCCCC=O. The van der Waals surface area contributed by atoms with Gasteiger partial charge in [-0.2, -0.15) is 0 Å². The van der Waals surface area contributed by atoms with Crippen molar-refractivity contribution in [1.29, 1.82) is 0 Å². The van der Waals surface area contributed by atoms with E-state index in [1.165, 1.54) is 57.8 Å². The van der Waals surface area contributed by atoms with Crippen LogP contribution in [0.5, 0.6) is 0 Å². The largest absolute Gasteiger partial charge is 0.303 e. The second-order valence-corrected chi connectivity index (χ2v) is 5.09. The van der Waals surface area contributed by atoms with Gasteiger partial charge >= 0.3 is 0 Å². The van der Waals surface area contributed by atoms with E-state index in [-0.39, 0.29) is 0 Å². The molecule has 0 unspecified atom stereocenters. The van der Waals surface area contributed by atoms with Crippen LogP contribution >= 0.6 is 0 Å². The fraction of sp³-hybridized carbons (Fsp3) is 0.882. The second-order valence-electron chi connectivity index (χ2n) is 5.09. The van der Waals surface area contributed by atoms with E-state index >= 15 is 0 Å². The minimum atomic E-state index is 0.754. The van der Waals surface area contributed by atoms with E-state index in [9.17, 15) is 9.59 Å². The molecule has 0 aliphatic rings. The summed E-state index contributed by atoms with van der Waals surface area (Å²) < 4.78 is 0. The van der Waals surface area contributed by atoms with Gasteiger partial charge in [-0.25, -0.2) is 0 Å². The lowest BCUT2D eigenvalue weighted by molar-refractivity contribution is -0.108. The van der Waals surface area contributed by atoms with Crippen LogP contribution in [0.2, 0.25) is 0 Å². The van der Waals surface area contributed by atoms with Gasteiger partial charge in [-0.15, -0.1) is 0 Å². The average molecular weight is 270 g/mol. The Hall–Kier alpha value is -0.660. The Labute approximate surface area is 120 Å². The molecule has 0 aromatic carbocycles. The molecule has 2 heteroatoms. The minimum Gasteiger partial charge on any atom is -0.303 e. The van der Waals surface area contributed by atoms with E-state index < -0.39 is 0 Å². The monoisotopic (exact) mass is 270 g/mol. The maximum absolute atomic E-state index is 9.89. The topological polar surface area (TPSA) is 34.1 Å². The predicted octanol–water partition coefficient (Wildman–Crippen LogP) is 5.48. The number of hydrogen-bond donors (Lipinski definition) is 0. The van der Waals surface area contributed by atoms with Gasteiger partial charge in [0.2, 0.25) is 0 Å². The summed E-state index contributed by atoms with van der Waals surface area (Å²) in [5.74, 6) is 0. The number of hydrogen-bond acceptors (Lipinski definition) is 2. The third-order valence-corrected chi connectivity index (χ3v) is 3.10. The van der Waals surface area contributed by atoms with Crippen LogP contribution in [0, 0.1) is 0 Å². The Bertz CT molecular complexity index is 167. The van der Waals surface area contributed by atoms with Crippen molar-refractivity contribution in [2.45, 2.75) is 97.3 Å². The van der Waals surface area contributed by atoms with Crippen molar-refractivity contribution in [1.82, 2.24) is 0 Å². The van der Waals surface area contributed by atoms with Crippen molar-refractivity contribution < 1.29 is 9.59 Å². The highest BCUT2D eigenvalue weighted by molar-refractivity contribution is 5.49. The molecule has 0 spiro atoms. The lowest BCUT2D eigenvalue weighted by Gasteiger charge is -1.95. The smallest absolute Gasteiger partial charge is 0.119 e. The van der Waals surface area contributed by atoms with Crippen molar-refractivity contribution in [3.05, 3.63) is 0 Å². The molecule has 0 aromatic rings. The molecule has 0 N–H and O–H groups in total. The van der Waals surface area contributed by atoms with Gasteiger partial charge in [0.15, 0.2) is 0 Å². The molecule has 0 atom stereocenters. The summed E-state index contributed by atoms with van der Waals surface area (Å²) in [4.78, 5) is 19.7. The highest BCUT2D eigenvalue weighted by Gasteiger charge is 1.88. The minimum absolute atomic E-state index is 0.754. The molecule has 114 valence electrons.